The summed E-state index contributed by atoms with van der Waals surface area (Å²) in [6.45, 7) is 0. The average Bonchev–Trinajstić information content (AvgIpc) is 2.19. The van der Waals surface area contributed by atoms with Gasteiger partial charge in [0.15, 0.2) is 5.82 Å². The van der Waals surface area contributed by atoms with Gasteiger partial charge in [0.1, 0.15) is 0 Å². The molecule has 0 spiro atoms. The van der Waals surface area contributed by atoms with Gasteiger partial charge in [-0.3, -0.25) is 0 Å². The van der Waals surface area contributed by atoms with Crippen molar-refractivity contribution >= 4 is 12.2 Å². The van der Waals surface area contributed by atoms with Gasteiger partial charge in [0.25, 0.3) is 0 Å². The summed E-state index contributed by atoms with van der Waals surface area (Å²) in [7, 11) is 0. The van der Waals surface area contributed by atoms with E-state index in [0.29, 0.717) is 0 Å². The maximum absolute atomic E-state index is 10.0. The van der Waals surface area contributed by atoms with E-state index in [4.69, 9.17) is 0 Å². The van der Waals surface area contributed by atoms with E-state index in [1.165, 1.54) is 18.6 Å². The van der Waals surface area contributed by atoms with Crippen molar-refractivity contribution in [2.75, 3.05) is 0 Å². The van der Waals surface area contributed by atoms with Crippen molar-refractivity contribution in [1.82, 2.24) is 0 Å². The first-order chi connectivity index (χ1) is 6.38. The van der Waals surface area contributed by atoms with E-state index in [9.17, 15) is 9.59 Å². The number of hydrogen-bond acceptors (Lipinski definition) is 4. The van der Waals surface area contributed by atoms with E-state index in [-0.39, 0.29) is 5.82 Å². The van der Waals surface area contributed by atoms with Gasteiger partial charge in [-0.15, -0.1) is 9.98 Å². The molecule has 13 heavy (non-hydrogen) atoms. The van der Waals surface area contributed by atoms with Crippen molar-refractivity contribution < 1.29 is 9.59 Å². The van der Waals surface area contributed by atoms with Crippen LogP contribution in [0.25, 0.3) is 0 Å². The van der Waals surface area contributed by atoms with Crippen LogP contribution in [0, 0.1) is 0 Å². The highest BCUT2D eigenvalue weighted by atomic mass is 16.1. The Kier molecular flexibility index (Phi) is 3.83. The van der Waals surface area contributed by atoms with Gasteiger partial charge in [-0.2, -0.15) is 0 Å². The average molecular weight is 178 g/mol. The Hall–Kier alpha value is -1.50. The minimum absolute atomic E-state index is 0.213. The van der Waals surface area contributed by atoms with Crippen molar-refractivity contribution in [1.29, 1.82) is 0 Å². The summed E-state index contributed by atoms with van der Waals surface area (Å²) in [6.07, 6.45) is 7.85. The van der Waals surface area contributed by atoms with Gasteiger partial charge in [0, 0.05) is 0 Å². The smallest absolute Gasteiger partial charge is 0.211 e. The fraction of sp³-hybridized carbons (Fsp3) is 0.556. The van der Waals surface area contributed by atoms with Crippen molar-refractivity contribution in [2.24, 2.45) is 9.98 Å². The number of rotatable bonds is 2. The first kappa shape index (κ1) is 9.59. The SMILES string of the molecule is O=C=NC(N=C=O)=C1CCCCC1. The van der Waals surface area contributed by atoms with Gasteiger partial charge < -0.3 is 0 Å². The lowest BCUT2D eigenvalue weighted by Gasteiger charge is -2.12. The van der Waals surface area contributed by atoms with Crippen LogP contribution in [0.15, 0.2) is 21.4 Å². The van der Waals surface area contributed by atoms with Gasteiger partial charge >= 0.3 is 0 Å². The highest BCUT2D eigenvalue weighted by Gasteiger charge is 2.10. The lowest BCUT2D eigenvalue weighted by Crippen LogP contribution is -1.96. The van der Waals surface area contributed by atoms with Crippen LogP contribution in [0.2, 0.25) is 0 Å². The van der Waals surface area contributed by atoms with E-state index in [2.05, 4.69) is 9.98 Å². The first-order valence-corrected chi connectivity index (χ1v) is 4.26. The standard InChI is InChI=1S/C9H10N2O2/c12-6-10-9(11-7-13)8-4-2-1-3-5-8/h1-5H2. The molecule has 4 nitrogen and oxygen atoms in total. The highest BCUT2D eigenvalue weighted by molar-refractivity contribution is 5.43. The van der Waals surface area contributed by atoms with Crippen molar-refractivity contribution in [2.45, 2.75) is 32.1 Å². The van der Waals surface area contributed by atoms with Crippen LogP contribution in [0.1, 0.15) is 32.1 Å². The van der Waals surface area contributed by atoms with Crippen LogP contribution < -0.4 is 0 Å². The second-order valence-corrected chi connectivity index (χ2v) is 2.89. The Morgan fingerprint density at radius 2 is 1.54 bits per heavy atom. The molecule has 0 bridgehead atoms. The summed E-state index contributed by atoms with van der Waals surface area (Å²) < 4.78 is 0. The number of allylic oxidation sites excluding steroid dienone is 1. The van der Waals surface area contributed by atoms with E-state index < -0.39 is 0 Å². The maximum Gasteiger partial charge on any atom is 0.242 e. The number of carbonyl (C=O) groups excluding carboxylic acids is 2. The Morgan fingerprint density at radius 1 is 1.00 bits per heavy atom. The zero-order chi connectivity index (χ0) is 9.52. The quantitative estimate of drug-likeness (QED) is 0.478. The molecule has 1 fully saturated rings. The highest BCUT2D eigenvalue weighted by Crippen LogP contribution is 2.26. The second kappa shape index (κ2) is 5.20. The maximum atomic E-state index is 10.0. The third-order valence-electron chi connectivity index (χ3n) is 2.08. The third-order valence-corrected chi connectivity index (χ3v) is 2.08. The molecule has 0 aromatic rings. The predicted molar refractivity (Wildman–Crippen MR) is 46.4 cm³/mol. The molecule has 0 aliphatic heterocycles. The molecule has 0 heterocycles. The Balaban J connectivity index is 2.91. The van der Waals surface area contributed by atoms with Gasteiger partial charge in [-0.1, -0.05) is 6.42 Å². The summed E-state index contributed by atoms with van der Waals surface area (Å²) in [6, 6.07) is 0. The van der Waals surface area contributed by atoms with Crippen LogP contribution in [-0.4, -0.2) is 12.2 Å². The predicted octanol–water partition coefficient (Wildman–Crippen LogP) is 1.83. The molecule has 4 heteroatoms. The number of nitrogens with zero attached hydrogens (tertiary/aromatic N) is 2. The largest absolute Gasteiger partial charge is 0.242 e. The topological polar surface area (TPSA) is 58.9 Å². The Labute approximate surface area is 76.1 Å². The van der Waals surface area contributed by atoms with Gasteiger partial charge in [-0.05, 0) is 31.3 Å². The van der Waals surface area contributed by atoms with Crippen LogP contribution in [0.3, 0.4) is 0 Å². The molecule has 1 aliphatic carbocycles. The van der Waals surface area contributed by atoms with E-state index in [0.717, 1.165) is 31.3 Å². The molecule has 0 radical (unpaired) electrons. The number of isocyanates is 2. The van der Waals surface area contributed by atoms with Crippen LogP contribution in [0.5, 0.6) is 0 Å². The molecule has 0 saturated heterocycles. The summed E-state index contributed by atoms with van der Waals surface area (Å²) in [5.41, 5.74) is 0.970. The van der Waals surface area contributed by atoms with Crippen LogP contribution >= 0.6 is 0 Å². The third kappa shape index (κ3) is 2.79. The molecule has 0 unspecified atom stereocenters. The lowest BCUT2D eigenvalue weighted by atomic mass is 9.95. The molecule has 1 saturated carbocycles. The van der Waals surface area contributed by atoms with E-state index >= 15 is 0 Å². The van der Waals surface area contributed by atoms with Crippen LogP contribution in [0.4, 0.5) is 0 Å². The molecular formula is C9H10N2O2. The zero-order valence-corrected chi connectivity index (χ0v) is 7.25. The molecule has 0 atom stereocenters. The minimum Gasteiger partial charge on any atom is -0.211 e. The molecule has 0 N–H and O–H groups in total. The monoisotopic (exact) mass is 178 g/mol. The molecule has 68 valence electrons. The van der Waals surface area contributed by atoms with Crippen molar-refractivity contribution in [3.63, 3.8) is 0 Å². The summed E-state index contributed by atoms with van der Waals surface area (Å²) in [5, 5.41) is 0. The van der Waals surface area contributed by atoms with E-state index in [1.807, 2.05) is 0 Å². The number of aliphatic imine (C=N–C) groups is 2. The summed E-state index contributed by atoms with van der Waals surface area (Å²) >= 11 is 0. The van der Waals surface area contributed by atoms with Crippen molar-refractivity contribution in [3.05, 3.63) is 11.4 Å². The summed E-state index contributed by atoms with van der Waals surface area (Å²) in [4.78, 5) is 26.8. The lowest BCUT2D eigenvalue weighted by molar-refractivity contribution is 0.560. The molecule has 0 aromatic carbocycles. The molecule has 0 amide bonds. The Bertz CT molecular complexity index is 280. The second-order valence-electron chi connectivity index (χ2n) is 2.89. The molecular weight excluding hydrogens is 168 g/mol. The summed E-state index contributed by atoms with van der Waals surface area (Å²) in [5.74, 6) is 0.213. The normalized spacial score (nSPS) is 15.5. The van der Waals surface area contributed by atoms with Crippen LogP contribution in [-0.2, 0) is 9.59 Å². The first-order valence-electron chi connectivity index (χ1n) is 4.26. The van der Waals surface area contributed by atoms with Gasteiger partial charge in [0.05, 0.1) is 0 Å². The molecule has 0 aromatic heterocycles. The fourth-order valence-corrected chi connectivity index (χ4v) is 1.47. The van der Waals surface area contributed by atoms with Gasteiger partial charge in [-0.25, -0.2) is 9.59 Å². The fourth-order valence-electron chi connectivity index (χ4n) is 1.47. The van der Waals surface area contributed by atoms with Crippen molar-refractivity contribution in [3.8, 4) is 0 Å². The Morgan fingerprint density at radius 3 is 2.00 bits per heavy atom. The van der Waals surface area contributed by atoms with E-state index in [1.54, 1.807) is 0 Å². The minimum atomic E-state index is 0.213. The molecule has 1 aliphatic rings. The zero-order valence-electron chi connectivity index (χ0n) is 7.25. The van der Waals surface area contributed by atoms with Gasteiger partial charge in [0.2, 0.25) is 12.2 Å². The molecule has 1 rings (SSSR count). The number of hydrogen-bond donors (Lipinski definition) is 0.